The first-order chi connectivity index (χ1) is 15.0. The Bertz CT molecular complexity index is 1300. The largest absolute Gasteiger partial charge is 0.324 e. The summed E-state index contributed by atoms with van der Waals surface area (Å²) in [6.07, 6.45) is 1.01. The van der Waals surface area contributed by atoms with E-state index in [1.54, 1.807) is 36.4 Å². The molecule has 0 saturated heterocycles. The summed E-state index contributed by atoms with van der Waals surface area (Å²) in [7, 11) is -4.03. The molecule has 0 radical (unpaired) electrons. The van der Waals surface area contributed by atoms with Gasteiger partial charge in [-0.1, -0.05) is 68.4 Å². The second-order valence-electron chi connectivity index (χ2n) is 7.98. The standard InChI is InChI=1S/C22H22ClN3O4S2/c1-22(2,3)14-8-10-15(11-9-14)32(29,30)18-12-24-21(26-20(18)28)31-13-19(27)25-17-7-5-4-6-16(17)23/h4-12H,13H2,1-3H3,(H,25,27)(H,24,26,28). The highest BCUT2D eigenvalue weighted by molar-refractivity contribution is 7.99. The molecule has 0 saturated carbocycles. The first-order valence-electron chi connectivity index (χ1n) is 9.60. The van der Waals surface area contributed by atoms with Gasteiger partial charge in [0.25, 0.3) is 5.56 Å². The zero-order chi connectivity index (χ0) is 23.5. The van der Waals surface area contributed by atoms with Gasteiger partial charge in [0.2, 0.25) is 15.7 Å². The lowest BCUT2D eigenvalue weighted by atomic mass is 9.87. The monoisotopic (exact) mass is 491 g/mol. The normalized spacial score (nSPS) is 11.9. The van der Waals surface area contributed by atoms with Crippen molar-refractivity contribution in [3.63, 3.8) is 0 Å². The number of aromatic amines is 1. The highest BCUT2D eigenvalue weighted by Gasteiger charge is 2.23. The molecular weight excluding hydrogens is 470 g/mol. The molecule has 0 fully saturated rings. The van der Waals surface area contributed by atoms with Gasteiger partial charge in [-0.2, -0.15) is 0 Å². The molecule has 7 nitrogen and oxygen atoms in total. The summed E-state index contributed by atoms with van der Waals surface area (Å²) in [5.41, 5.74) is 0.526. The molecule has 168 valence electrons. The Kier molecular flexibility index (Phi) is 7.12. The summed E-state index contributed by atoms with van der Waals surface area (Å²) in [4.78, 5) is 30.6. The van der Waals surface area contributed by atoms with Crippen molar-refractivity contribution < 1.29 is 13.2 Å². The van der Waals surface area contributed by atoms with Crippen molar-refractivity contribution in [1.29, 1.82) is 0 Å². The first kappa shape index (κ1) is 24.0. The van der Waals surface area contributed by atoms with Crippen molar-refractivity contribution in [3.8, 4) is 0 Å². The molecule has 0 spiro atoms. The number of H-pyrrole nitrogens is 1. The van der Waals surface area contributed by atoms with Gasteiger partial charge in [0.1, 0.15) is 0 Å². The van der Waals surface area contributed by atoms with Crippen LogP contribution in [0.25, 0.3) is 0 Å². The topological polar surface area (TPSA) is 109 Å². The van der Waals surface area contributed by atoms with E-state index in [4.69, 9.17) is 11.6 Å². The molecule has 0 bridgehead atoms. The fourth-order valence-electron chi connectivity index (χ4n) is 2.78. The minimum atomic E-state index is -4.03. The van der Waals surface area contributed by atoms with Crippen LogP contribution in [0.2, 0.25) is 5.02 Å². The number of anilines is 1. The zero-order valence-corrected chi connectivity index (χ0v) is 20.1. The van der Waals surface area contributed by atoms with Crippen LogP contribution in [0, 0.1) is 0 Å². The van der Waals surface area contributed by atoms with Crippen LogP contribution < -0.4 is 10.9 Å². The predicted octanol–water partition coefficient (Wildman–Crippen LogP) is 4.28. The van der Waals surface area contributed by atoms with Crippen LogP contribution in [0.5, 0.6) is 0 Å². The van der Waals surface area contributed by atoms with Crippen molar-refractivity contribution in [2.24, 2.45) is 0 Å². The molecule has 0 aliphatic heterocycles. The number of amides is 1. The van der Waals surface area contributed by atoms with E-state index in [2.05, 4.69) is 15.3 Å². The molecule has 1 heterocycles. The van der Waals surface area contributed by atoms with Crippen LogP contribution in [0.15, 0.2) is 74.5 Å². The average molecular weight is 492 g/mol. The molecule has 2 N–H and O–H groups in total. The Balaban J connectivity index is 1.72. The van der Waals surface area contributed by atoms with Crippen LogP contribution >= 0.6 is 23.4 Å². The van der Waals surface area contributed by atoms with E-state index in [1.807, 2.05) is 20.8 Å². The first-order valence-corrected chi connectivity index (χ1v) is 12.5. The van der Waals surface area contributed by atoms with Crippen LogP contribution in [0.3, 0.4) is 0 Å². The van der Waals surface area contributed by atoms with Crippen molar-refractivity contribution >= 4 is 44.8 Å². The van der Waals surface area contributed by atoms with Crippen molar-refractivity contribution in [2.45, 2.75) is 41.1 Å². The summed E-state index contributed by atoms with van der Waals surface area (Å²) in [5.74, 6) is -0.393. The molecule has 0 unspecified atom stereocenters. The van der Waals surface area contributed by atoms with E-state index in [0.29, 0.717) is 10.7 Å². The Morgan fingerprint density at radius 1 is 1.12 bits per heavy atom. The van der Waals surface area contributed by atoms with Crippen molar-refractivity contribution in [3.05, 3.63) is 75.7 Å². The predicted molar refractivity (Wildman–Crippen MR) is 126 cm³/mol. The molecule has 10 heteroatoms. The fraction of sp³-hybridized carbons (Fsp3) is 0.227. The van der Waals surface area contributed by atoms with E-state index in [1.165, 1.54) is 12.1 Å². The molecule has 0 atom stereocenters. The number of halogens is 1. The quantitative estimate of drug-likeness (QED) is 0.393. The average Bonchev–Trinajstić information content (AvgIpc) is 2.73. The number of nitrogens with one attached hydrogen (secondary N) is 2. The lowest BCUT2D eigenvalue weighted by molar-refractivity contribution is -0.113. The highest BCUT2D eigenvalue weighted by atomic mass is 35.5. The van der Waals surface area contributed by atoms with Crippen molar-refractivity contribution in [2.75, 3.05) is 11.1 Å². The number of thioether (sulfide) groups is 1. The molecule has 32 heavy (non-hydrogen) atoms. The number of hydrogen-bond acceptors (Lipinski definition) is 6. The summed E-state index contributed by atoms with van der Waals surface area (Å²) < 4.78 is 25.8. The van der Waals surface area contributed by atoms with Crippen LogP contribution in [0.4, 0.5) is 5.69 Å². The number of benzene rings is 2. The molecule has 3 aromatic rings. The third-order valence-corrected chi connectivity index (χ3v) is 7.53. The Morgan fingerprint density at radius 3 is 2.38 bits per heavy atom. The van der Waals surface area contributed by atoms with E-state index in [9.17, 15) is 18.0 Å². The van der Waals surface area contributed by atoms with Crippen LogP contribution in [-0.4, -0.2) is 30.0 Å². The van der Waals surface area contributed by atoms with Crippen LogP contribution in [0.1, 0.15) is 26.3 Å². The van der Waals surface area contributed by atoms with E-state index < -0.39 is 20.3 Å². The van der Waals surface area contributed by atoms with Gasteiger partial charge in [0.05, 0.1) is 27.6 Å². The maximum Gasteiger partial charge on any atom is 0.270 e. The van der Waals surface area contributed by atoms with Gasteiger partial charge in [0.15, 0.2) is 10.1 Å². The number of hydrogen-bond donors (Lipinski definition) is 2. The Hall–Kier alpha value is -2.62. The number of nitrogens with zero attached hydrogens (tertiary/aromatic N) is 1. The number of para-hydroxylation sites is 1. The number of aromatic nitrogens is 2. The smallest absolute Gasteiger partial charge is 0.270 e. The molecule has 3 rings (SSSR count). The van der Waals surface area contributed by atoms with Gasteiger partial charge in [-0.15, -0.1) is 0 Å². The molecule has 0 aliphatic rings. The van der Waals surface area contributed by atoms with E-state index in [-0.39, 0.29) is 27.1 Å². The Morgan fingerprint density at radius 2 is 1.78 bits per heavy atom. The van der Waals surface area contributed by atoms with Gasteiger partial charge >= 0.3 is 0 Å². The second kappa shape index (κ2) is 9.48. The van der Waals surface area contributed by atoms with Gasteiger partial charge < -0.3 is 10.3 Å². The summed E-state index contributed by atoms with van der Waals surface area (Å²) in [6, 6.07) is 13.2. The second-order valence-corrected chi connectivity index (χ2v) is 11.3. The number of carbonyl (C=O) groups excluding carboxylic acids is 1. The van der Waals surface area contributed by atoms with Gasteiger partial charge in [-0.05, 0) is 35.2 Å². The maximum absolute atomic E-state index is 12.9. The maximum atomic E-state index is 12.9. The molecular formula is C22H22ClN3O4S2. The van der Waals surface area contributed by atoms with Crippen LogP contribution in [-0.2, 0) is 20.0 Å². The van der Waals surface area contributed by atoms with Crippen molar-refractivity contribution in [1.82, 2.24) is 9.97 Å². The lowest BCUT2D eigenvalue weighted by Gasteiger charge is -2.19. The van der Waals surface area contributed by atoms with Gasteiger partial charge in [0, 0.05) is 0 Å². The third kappa shape index (κ3) is 5.59. The fourth-order valence-corrected chi connectivity index (χ4v) is 4.83. The lowest BCUT2D eigenvalue weighted by Crippen LogP contribution is -2.20. The minimum Gasteiger partial charge on any atom is -0.324 e. The molecule has 1 amide bonds. The molecule has 2 aromatic carbocycles. The highest BCUT2D eigenvalue weighted by Crippen LogP contribution is 2.25. The SMILES string of the molecule is CC(C)(C)c1ccc(S(=O)(=O)c2cnc(SCC(=O)Nc3ccccc3Cl)[nH]c2=O)cc1. The molecule has 1 aromatic heterocycles. The van der Waals surface area contributed by atoms with E-state index >= 15 is 0 Å². The zero-order valence-electron chi connectivity index (χ0n) is 17.7. The minimum absolute atomic E-state index is 0.0114. The van der Waals surface area contributed by atoms with Gasteiger partial charge in [-0.3, -0.25) is 9.59 Å². The summed E-state index contributed by atoms with van der Waals surface area (Å²) >= 11 is 6.98. The Labute approximate surface area is 195 Å². The summed E-state index contributed by atoms with van der Waals surface area (Å²) in [6.45, 7) is 6.07. The summed E-state index contributed by atoms with van der Waals surface area (Å²) in [5, 5.41) is 3.20. The molecule has 0 aliphatic carbocycles. The number of rotatable bonds is 6. The number of carbonyl (C=O) groups is 1. The third-order valence-electron chi connectivity index (χ3n) is 4.55. The number of sulfone groups is 1. The van der Waals surface area contributed by atoms with E-state index in [0.717, 1.165) is 23.5 Å². The van der Waals surface area contributed by atoms with Gasteiger partial charge in [-0.25, -0.2) is 13.4 Å².